The van der Waals surface area contributed by atoms with Gasteiger partial charge in [-0.25, -0.2) is 4.57 Å². The minimum absolute atomic E-state index is 0.543. The van der Waals surface area contributed by atoms with Gasteiger partial charge >= 0.3 is 31.7 Å². The summed E-state index contributed by atoms with van der Waals surface area (Å²) >= 11 is 0. The lowest BCUT2D eigenvalue weighted by molar-refractivity contribution is -0.291. The maximum absolute atomic E-state index is 11.5. The molecule has 1 fully saturated rings. The highest BCUT2D eigenvalue weighted by atomic mass is 31.2. The molecule has 1 aliphatic heterocycles. The Hall–Kier alpha value is -2.09. The summed E-state index contributed by atoms with van der Waals surface area (Å²) in [5.41, 5.74) is 0. The fourth-order valence-electron chi connectivity index (χ4n) is 3.08. The third-order valence-corrected chi connectivity index (χ3v) is 5.01. The predicted octanol–water partition coefficient (Wildman–Crippen LogP) is 0.527. The molecule has 0 saturated carbocycles. The molecule has 2 N–H and O–H groups in total. The van der Waals surface area contributed by atoms with Crippen molar-refractivity contribution in [2.24, 2.45) is 0 Å². The number of ether oxygens (including phenoxy) is 5. The summed E-state index contributed by atoms with van der Waals surface area (Å²) in [5.74, 6) is -3.38. The largest absolute Gasteiger partial charge is 0.472 e. The number of hydrogen-bond donors (Lipinski definition) is 2. The molecule has 0 amide bonds. The van der Waals surface area contributed by atoms with E-state index in [0.29, 0.717) is 0 Å². The van der Waals surface area contributed by atoms with Gasteiger partial charge < -0.3 is 38.4 Å². The molecule has 1 aliphatic rings. The van der Waals surface area contributed by atoms with Crippen LogP contribution in [0.4, 0.5) is 0 Å². The van der Waals surface area contributed by atoms with Crippen molar-refractivity contribution in [1.82, 2.24) is 4.90 Å². The predicted molar refractivity (Wildman–Crippen MR) is 119 cm³/mol. The van der Waals surface area contributed by atoms with Crippen LogP contribution in [0.25, 0.3) is 0 Å². The molecule has 0 aromatic rings. The quantitative estimate of drug-likeness (QED) is 0.227. The molecule has 0 radical (unpaired) electrons. The number of rotatable bonds is 10. The SMILES string of the molecule is CC(=O)OC[C@@H]1O[C@H](OP(=O)(O)O)[C@@H](OC(C)=O)[C@H](OC(C)=O)[C@@H]1OC(C)=O.CCN(CC)CC. The zero-order valence-corrected chi connectivity index (χ0v) is 21.9. The molecule has 35 heavy (non-hydrogen) atoms. The van der Waals surface area contributed by atoms with E-state index in [0.717, 1.165) is 27.7 Å². The summed E-state index contributed by atoms with van der Waals surface area (Å²) in [6, 6.07) is 0. The van der Waals surface area contributed by atoms with Crippen LogP contribution in [0.15, 0.2) is 0 Å². The lowest BCUT2D eigenvalue weighted by Crippen LogP contribution is -2.62. The number of phosphoric acid groups is 1. The van der Waals surface area contributed by atoms with Gasteiger partial charge in [-0.15, -0.1) is 0 Å². The number of nitrogens with zero attached hydrogens (tertiary/aromatic N) is 1. The van der Waals surface area contributed by atoms with E-state index in [1.165, 1.54) is 19.6 Å². The average molecular weight is 529 g/mol. The summed E-state index contributed by atoms with van der Waals surface area (Å²) in [6.45, 7) is 13.7. The average Bonchev–Trinajstić information content (AvgIpc) is 2.71. The normalized spacial score (nSPS) is 24.0. The molecule has 14 nitrogen and oxygen atoms in total. The second-order valence-electron chi connectivity index (χ2n) is 7.28. The molecule has 204 valence electrons. The first kappa shape index (κ1) is 32.9. The molecule has 0 spiro atoms. The second-order valence-corrected chi connectivity index (χ2v) is 8.48. The van der Waals surface area contributed by atoms with Gasteiger partial charge in [-0.1, -0.05) is 20.8 Å². The first-order valence-electron chi connectivity index (χ1n) is 10.9. The highest BCUT2D eigenvalue weighted by molar-refractivity contribution is 7.46. The van der Waals surface area contributed by atoms with E-state index < -0.39 is 69.0 Å². The van der Waals surface area contributed by atoms with Crippen molar-refractivity contribution in [3.8, 4) is 0 Å². The van der Waals surface area contributed by atoms with Crippen LogP contribution in [-0.2, 0) is 52.0 Å². The van der Waals surface area contributed by atoms with Crippen molar-refractivity contribution in [3.63, 3.8) is 0 Å². The Kier molecular flexibility index (Phi) is 14.9. The van der Waals surface area contributed by atoms with Crippen LogP contribution in [0.1, 0.15) is 48.5 Å². The highest BCUT2D eigenvalue weighted by Crippen LogP contribution is 2.42. The molecule has 0 bridgehead atoms. The molecule has 0 aromatic carbocycles. The van der Waals surface area contributed by atoms with Crippen LogP contribution in [-0.4, -0.2) is 95.5 Å². The topological polar surface area (TPSA) is 184 Å². The molecule has 0 unspecified atom stereocenters. The maximum Gasteiger partial charge on any atom is 0.472 e. The summed E-state index contributed by atoms with van der Waals surface area (Å²) in [7, 11) is -5.16. The third kappa shape index (κ3) is 13.5. The van der Waals surface area contributed by atoms with E-state index in [1.54, 1.807) is 0 Å². The first-order chi connectivity index (χ1) is 16.1. The van der Waals surface area contributed by atoms with Crippen molar-refractivity contribution >= 4 is 31.7 Å². The Morgan fingerprint density at radius 1 is 0.771 bits per heavy atom. The van der Waals surface area contributed by atoms with Crippen LogP contribution in [0, 0.1) is 0 Å². The van der Waals surface area contributed by atoms with Crippen LogP contribution < -0.4 is 0 Å². The smallest absolute Gasteiger partial charge is 0.463 e. The van der Waals surface area contributed by atoms with E-state index in [1.807, 2.05) is 0 Å². The Morgan fingerprint density at radius 2 is 1.20 bits per heavy atom. The second kappa shape index (κ2) is 15.8. The van der Waals surface area contributed by atoms with Crippen LogP contribution in [0.2, 0.25) is 0 Å². The fraction of sp³-hybridized carbons (Fsp3) is 0.800. The van der Waals surface area contributed by atoms with Gasteiger partial charge in [0.15, 0.2) is 18.3 Å². The number of hydrogen-bond acceptors (Lipinski definition) is 12. The fourth-order valence-corrected chi connectivity index (χ4v) is 3.52. The first-order valence-corrected chi connectivity index (χ1v) is 12.4. The standard InChI is InChI=1S/C14H21O13P.C6H15N/c1-6(15)22-5-10-11(23-7(2)16)12(24-8(3)17)13(25-9(4)18)14(26-10)27-28(19,20)21;1-4-7(5-2)6-3/h10-14H,5H2,1-4H3,(H2,19,20,21);4-6H2,1-3H3/t10-,11+,12+,13-,14+;/m0./s1. The lowest BCUT2D eigenvalue weighted by Gasteiger charge is -2.43. The third-order valence-electron chi connectivity index (χ3n) is 4.53. The maximum atomic E-state index is 11.5. The number of carbonyl (C=O) groups is 4. The van der Waals surface area contributed by atoms with Gasteiger partial charge in [0.05, 0.1) is 0 Å². The van der Waals surface area contributed by atoms with Crippen LogP contribution in [0.5, 0.6) is 0 Å². The van der Waals surface area contributed by atoms with Crippen LogP contribution in [0.3, 0.4) is 0 Å². The van der Waals surface area contributed by atoms with E-state index in [2.05, 4.69) is 30.2 Å². The van der Waals surface area contributed by atoms with Crippen LogP contribution >= 0.6 is 7.82 Å². The Bertz CT molecular complexity index is 746. The number of carbonyl (C=O) groups excluding carboxylic acids is 4. The highest BCUT2D eigenvalue weighted by Gasteiger charge is 2.54. The molecule has 0 aromatic heterocycles. The number of esters is 4. The molecule has 1 saturated heterocycles. The lowest BCUT2D eigenvalue weighted by atomic mass is 9.98. The van der Waals surface area contributed by atoms with Crippen molar-refractivity contribution in [1.29, 1.82) is 0 Å². The molecule has 0 aliphatic carbocycles. The van der Waals surface area contributed by atoms with Gasteiger partial charge in [-0.3, -0.25) is 23.7 Å². The Balaban J connectivity index is 0.00000143. The zero-order chi connectivity index (χ0) is 27.3. The van der Waals surface area contributed by atoms with Gasteiger partial charge in [-0.05, 0) is 19.6 Å². The summed E-state index contributed by atoms with van der Waals surface area (Å²) in [6.07, 6.45) is -8.01. The molecular formula is C20H36NO13P. The summed E-state index contributed by atoms with van der Waals surface area (Å²) in [4.78, 5) is 66.1. The van der Waals surface area contributed by atoms with Gasteiger partial charge in [0, 0.05) is 27.7 Å². The summed E-state index contributed by atoms with van der Waals surface area (Å²) in [5, 5.41) is 0. The minimum atomic E-state index is -5.16. The molecule has 5 atom stereocenters. The zero-order valence-electron chi connectivity index (χ0n) is 21.0. The monoisotopic (exact) mass is 529 g/mol. The number of phosphoric ester groups is 1. The molecule has 1 heterocycles. The Labute approximate surface area is 204 Å². The van der Waals surface area contributed by atoms with Gasteiger partial charge in [0.1, 0.15) is 12.7 Å². The molecule has 1 rings (SSSR count). The van der Waals surface area contributed by atoms with Gasteiger partial charge in [0.2, 0.25) is 6.29 Å². The van der Waals surface area contributed by atoms with Crippen molar-refractivity contribution in [3.05, 3.63) is 0 Å². The van der Waals surface area contributed by atoms with Crippen molar-refractivity contribution in [2.45, 2.75) is 79.2 Å². The minimum Gasteiger partial charge on any atom is -0.463 e. The molecule has 15 heteroatoms. The Morgan fingerprint density at radius 3 is 1.54 bits per heavy atom. The molecular weight excluding hydrogens is 493 g/mol. The van der Waals surface area contributed by atoms with Crippen molar-refractivity contribution < 1.29 is 61.7 Å². The van der Waals surface area contributed by atoms with Gasteiger partial charge in [-0.2, -0.15) is 0 Å². The van der Waals surface area contributed by atoms with Gasteiger partial charge in [0.25, 0.3) is 0 Å². The van der Waals surface area contributed by atoms with Crippen molar-refractivity contribution in [2.75, 3.05) is 26.2 Å². The van der Waals surface area contributed by atoms with E-state index >= 15 is 0 Å². The van der Waals surface area contributed by atoms with E-state index in [4.69, 9.17) is 33.5 Å². The summed E-state index contributed by atoms with van der Waals surface area (Å²) < 4.78 is 40.9. The van der Waals surface area contributed by atoms with E-state index in [-0.39, 0.29) is 0 Å². The van der Waals surface area contributed by atoms with E-state index in [9.17, 15) is 23.7 Å².